The maximum Gasteiger partial charge on any atom is 0.220 e. The SMILES string of the molecule is Cc1nn(CCNC(=O)CC[C@@H]2CCCN(C)C2)c(C)c1Cl. The van der Waals surface area contributed by atoms with E-state index >= 15 is 0 Å². The Morgan fingerprint density at radius 2 is 2.23 bits per heavy atom. The summed E-state index contributed by atoms with van der Waals surface area (Å²) in [6.45, 7) is 7.42. The standard InChI is InChI=1S/C16H27ClN4O/c1-12-16(17)13(2)21(19-12)10-8-18-15(22)7-6-14-5-4-9-20(3)11-14/h14H,4-11H2,1-3H3,(H,18,22)/t14-/m0/s1. The average molecular weight is 327 g/mol. The molecule has 1 aliphatic heterocycles. The second kappa shape index (κ2) is 7.97. The van der Waals surface area contributed by atoms with Crippen molar-refractivity contribution in [1.82, 2.24) is 20.0 Å². The molecule has 2 heterocycles. The van der Waals surface area contributed by atoms with Crippen LogP contribution in [-0.4, -0.2) is 47.3 Å². The number of aromatic nitrogens is 2. The van der Waals surface area contributed by atoms with Gasteiger partial charge in [-0.1, -0.05) is 11.6 Å². The molecule has 0 spiro atoms. The first-order chi connectivity index (χ1) is 10.5. The number of rotatable bonds is 6. The van der Waals surface area contributed by atoms with Crippen LogP contribution in [-0.2, 0) is 11.3 Å². The normalized spacial score (nSPS) is 19.4. The van der Waals surface area contributed by atoms with Crippen LogP contribution in [0.2, 0.25) is 5.02 Å². The Balaban J connectivity index is 1.66. The van der Waals surface area contributed by atoms with E-state index in [0.29, 0.717) is 30.5 Å². The first kappa shape index (κ1) is 17.3. The van der Waals surface area contributed by atoms with Crippen LogP contribution in [0.25, 0.3) is 0 Å². The van der Waals surface area contributed by atoms with E-state index in [1.165, 1.54) is 19.4 Å². The highest BCUT2D eigenvalue weighted by Gasteiger charge is 2.18. The van der Waals surface area contributed by atoms with Crippen molar-refractivity contribution in [3.63, 3.8) is 0 Å². The number of hydrogen-bond acceptors (Lipinski definition) is 3. The summed E-state index contributed by atoms with van der Waals surface area (Å²) in [5, 5.41) is 8.06. The first-order valence-corrected chi connectivity index (χ1v) is 8.50. The van der Waals surface area contributed by atoms with E-state index in [1.54, 1.807) is 0 Å². The van der Waals surface area contributed by atoms with Gasteiger partial charge in [0.1, 0.15) is 0 Å². The third kappa shape index (κ3) is 4.71. The summed E-state index contributed by atoms with van der Waals surface area (Å²) >= 11 is 6.11. The molecule has 22 heavy (non-hydrogen) atoms. The van der Waals surface area contributed by atoms with E-state index in [-0.39, 0.29) is 5.91 Å². The number of hydrogen-bond donors (Lipinski definition) is 1. The van der Waals surface area contributed by atoms with Crippen molar-refractivity contribution < 1.29 is 4.79 Å². The molecule has 0 aromatic carbocycles. The third-order valence-electron chi connectivity index (χ3n) is 4.44. The van der Waals surface area contributed by atoms with Crippen LogP contribution >= 0.6 is 11.6 Å². The fourth-order valence-corrected chi connectivity index (χ4v) is 3.26. The lowest BCUT2D eigenvalue weighted by Gasteiger charge is -2.29. The monoisotopic (exact) mass is 326 g/mol. The van der Waals surface area contributed by atoms with Crippen LogP contribution in [0.4, 0.5) is 0 Å². The second-order valence-electron chi connectivity index (χ2n) is 6.37. The predicted octanol–water partition coefficient (Wildman–Crippen LogP) is 2.39. The van der Waals surface area contributed by atoms with Crippen LogP contribution in [0.1, 0.15) is 37.1 Å². The molecule has 0 bridgehead atoms. The molecule has 1 atom stereocenters. The summed E-state index contributed by atoms with van der Waals surface area (Å²) in [7, 11) is 2.16. The Labute approximate surface area is 138 Å². The smallest absolute Gasteiger partial charge is 0.220 e. The molecule has 1 aromatic rings. The highest BCUT2D eigenvalue weighted by Crippen LogP contribution is 2.20. The van der Waals surface area contributed by atoms with E-state index < -0.39 is 0 Å². The summed E-state index contributed by atoms with van der Waals surface area (Å²) in [6, 6.07) is 0. The Bertz CT molecular complexity index is 514. The van der Waals surface area contributed by atoms with Crippen molar-refractivity contribution in [3.05, 3.63) is 16.4 Å². The highest BCUT2D eigenvalue weighted by atomic mass is 35.5. The number of likely N-dealkylation sites (tertiary alicyclic amines) is 1. The lowest BCUT2D eigenvalue weighted by molar-refractivity contribution is -0.121. The summed E-state index contributed by atoms with van der Waals surface area (Å²) in [5.41, 5.74) is 1.80. The molecule has 0 aliphatic carbocycles. The molecule has 1 amide bonds. The Kier molecular flexibility index (Phi) is 6.26. The van der Waals surface area contributed by atoms with Gasteiger partial charge in [0.05, 0.1) is 23.0 Å². The lowest BCUT2D eigenvalue weighted by Crippen LogP contribution is -2.33. The zero-order valence-electron chi connectivity index (χ0n) is 13.9. The van der Waals surface area contributed by atoms with Crippen LogP contribution < -0.4 is 5.32 Å². The van der Waals surface area contributed by atoms with Gasteiger partial charge in [0.15, 0.2) is 0 Å². The Morgan fingerprint density at radius 3 is 2.86 bits per heavy atom. The molecule has 1 aromatic heterocycles. The van der Waals surface area contributed by atoms with Crippen molar-refractivity contribution in [2.75, 3.05) is 26.7 Å². The van der Waals surface area contributed by atoms with E-state index in [1.807, 2.05) is 18.5 Å². The molecule has 5 nitrogen and oxygen atoms in total. The van der Waals surface area contributed by atoms with E-state index in [0.717, 1.165) is 24.4 Å². The quantitative estimate of drug-likeness (QED) is 0.873. The molecule has 1 saturated heterocycles. The Morgan fingerprint density at radius 1 is 1.45 bits per heavy atom. The van der Waals surface area contributed by atoms with Gasteiger partial charge in [-0.3, -0.25) is 9.48 Å². The number of carbonyl (C=O) groups is 1. The predicted molar refractivity (Wildman–Crippen MR) is 89.2 cm³/mol. The Hall–Kier alpha value is -1.07. The van der Waals surface area contributed by atoms with Crippen LogP contribution in [0.15, 0.2) is 0 Å². The number of halogens is 1. The largest absolute Gasteiger partial charge is 0.354 e. The molecule has 0 saturated carbocycles. The number of nitrogens with zero attached hydrogens (tertiary/aromatic N) is 3. The highest BCUT2D eigenvalue weighted by molar-refractivity contribution is 6.31. The maximum absolute atomic E-state index is 11.9. The molecule has 0 radical (unpaired) electrons. The summed E-state index contributed by atoms with van der Waals surface area (Å²) in [5.74, 6) is 0.806. The molecular weight excluding hydrogens is 300 g/mol. The zero-order valence-corrected chi connectivity index (χ0v) is 14.6. The van der Waals surface area contributed by atoms with E-state index in [9.17, 15) is 4.79 Å². The van der Waals surface area contributed by atoms with Crippen LogP contribution in [0.3, 0.4) is 0 Å². The van der Waals surface area contributed by atoms with Crippen molar-refractivity contribution in [2.45, 2.75) is 46.1 Å². The molecule has 1 aliphatic rings. The van der Waals surface area contributed by atoms with Crippen LogP contribution in [0, 0.1) is 19.8 Å². The summed E-state index contributed by atoms with van der Waals surface area (Å²) in [4.78, 5) is 14.3. The average Bonchev–Trinajstić information content (AvgIpc) is 2.73. The van der Waals surface area contributed by atoms with Gasteiger partial charge in [-0.15, -0.1) is 0 Å². The third-order valence-corrected chi connectivity index (χ3v) is 4.99. The van der Waals surface area contributed by atoms with Gasteiger partial charge in [0.2, 0.25) is 5.91 Å². The summed E-state index contributed by atoms with van der Waals surface area (Å²) < 4.78 is 1.86. The van der Waals surface area contributed by atoms with Gasteiger partial charge in [-0.2, -0.15) is 5.10 Å². The summed E-state index contributed by atoms with van der Waals surface area (Å²) in [6.07, 6.45) is 4.11. The number of amides is 1. The zero-order chi connectivity index (χ0) is 16.1. The molecular formula is C16H27ClN4O. The molecule has 124 valence electrons. The van der Waals surface area contributed by atoms with Gasteiger partial charge in [-0.05, 0) is 52.6 Å². The molecule has 0 unspecified atom stereocenters. The van der Waals surface area contributed by atoms with E-state index in [4.69, 9.17) is 11.6 Å². The minimum absolute atomic E-state index is 0.140. The van der Waals surface area contributed by atoms with Crippen molar-refractivity contribution in [1.29, 1.82) is 0 Å². The number of nitrogens with one attached hydrogen (secondary N) is 1. The molecule has 1 fully saturated rings. The van der Waals surface area contributed by atoms with Gasteiger partial charge in [-0.25, -0.2) is 0 Å². The van der Waals surface area contributed by atoms with Gasteiger partial charge < -0.3 is 10.2 Å². The molecule has 2 rings (SSSR count). The van der Waals surface area contributed by atoms with Crippen molar-refractivity contribution in [2.24, 2.45) is 5.92 Å². The fraction of sp³-hybridized carbons (Fsp3) is 0.750. The minimum atomic E-state index is 0.140. The minimum Gasteiger partial charge on any atom is -0.354 e. The number of piperidine rings is 1. The lowest BCUT2D eigenvalue weighted by atomic mass is 9.93. The van der Waals surface area contributed by atoms with Crippen molar-refractivity contribution in [3.8, 4) is 0 Å². The number of aryl methyl sites for hydroxylation is 1. The number of carbonyl (C=O) groups excluding carboxylic acids is 1. The first-order valence-electron chi connectivity index (χ1n) is 8.12. The topological polar surface area (TPSA) is 50.2 Å². The van der Waals surface area contributed by atoms with Gasteiger partial charge in [0, 0.05) is 19.5 Å². The second-order valence-corrected chi connectivity index (χ2v) is 6.75. The van der Waals surface area contributed by atoms with E-state index in [2.05, 4.69) is 22.4 Å². The van der Waals surface area contributed by atoms with Gasteiger partial charge in [0.25, 0.3) is 0 Å². The molecule has 6 heteroatoms. The maximum atomic E-state index is 11.9. The van der Waals surface area contributed by atoms with Crippen LogP contribution in [0.5, 0.6) is 0 Å². The van der Waals surface area contributed by atoms with Gasteiger partial charge >= 0.3 is 0 Å². The van der Waals surface area contributed by atoms with Crippen molar-refractivity contribution >= 4 is 17.5 Å². The fourth-order valence-electron chi connectivity index (χ4n) is 3.13. The molecule has 1 N–H and O–H groups in total.